The van der Waals surface area contributed by atoms with Crippen LogP contribution in [0.25, 0.3) is 0 Å². The number of carbonyl (C=O) groups is 2. The number of ether oxygens (including phenoxy) is 2. The average Bonchev–Trinajstić information content (AvgIpc) is 2.62. The van der Waals surface area contributed by atoms with Crippen LogP contribution in [0.4, 0.5) is 5.69 Å². The molecule has 0 radical (unpaired) electrons. The molecular formula is C20H24N2O4. The molecule has 0 aliphatic rings. The fraction of sp³-hybridized carbons (Fsp3) is 0.300. The molecule has 2 aromatic rings. The van der Waals surface area contributed by atoms with Gasteiger partial charge in [0.1, 0.15) is 11.5 Å². The van der Waals surface area contributed by atoms with Crippen molar-refractivity contribution in [2.45, 2.75) is 20.4 Å². The van der Waals surface area contributed by atoms with E-state index in [1.165, 1.54) is 6.92 Å². The number of anilines is 1. The molecule has 2 amide bonds. The molecule has 0 saturated heterocycles. The van der Waals surface area contributed by atoms with E-state index >= 15 is 0 Å². The van der Waals surface area contributed by atoms with E-state index in [2.05, 4.69) is 5.32 Å². The van der Waals surface area contributed by atoms with Gasteiger partial charge in [0.25, 0.3) is 5.91 Å². The molecule has 0 bridgehead atoms. The van der Waals surface area contributed by atoms with Gasteiger partial charge in [0, 0.05) is 37.3 Å². The van der Waals surface area contributed by atoms with Crippen molar-refractivity contribution in [1.82, 2.24) is 4.90 Å². The number of hydrogen-bond donors (Lipinski definition) is 1. The van der Waals surface area contributed by atoms with Crippen LogP contribution in [0.3, 0.4) is 0 Å². The lowest BCUT2D eigenvalue weighted by atomic mass is 10.1. The van der Waals surface area contributed by atoms with Gasteiger partial charge in [0.2, 0.25) is 5.91 Å². The van der Waals surface area contributed by atoms with Crippen LogP contribution in [-0.4, -0.2) is 38.0 Å². The third kappa shape index (κ3) is 4.53. The van der Waals surface area contributed by atoms with E-state index in [4.69, 9.17) is 9.47 Å². The first-order valence-electron chi connectivity index (χ1n) is 8.20. The molecule has 0 heterocycles. The molecule has 0 spiro atoms. The summed E-state index contributed by atoms with van der Waals surface area (Å²) in [5, 5.41) is 2.87. The third-order valence-corrected chi connectivity index (χ3v) is 4.16. The van der Waals surface area contributed by atoms with Crippen LogP contribution in [0.5, 0.6) is 11.5 Å². The van der Waals surface area contributed by atoms with Crippen molar-refractivity contribution in [2.24, 2.45) is 0 Å². The summed E-state index contributed by atoms with van der Waals surface area (Å²) >= 11 is 0. The summed E-state index contributed by atoms with van der Waals surface area (Å²) in [4.78, 5) is 25.6. The minimum absolute atomic E-state index is 0.0155. The second kappa shape index (κ2) is 8.38. The van der Waals surface area contributed by atoms with Gasteiger partial charge in [-0.05, 0) is 36.8 Å². The van der Waals surface area contributed by atoms with Crippen molar-refractivity contribution in [3.63, 3.8) is 0 Å². The lowest BCUT2D eigenvalue weighted by molar-refractivity contribution is -0.128. The second-order valence-electron chi connectivity index (χ2n) is 6.04. The third-order valence-electron chi connectivity index (χ3n) is 4.16. The molecule has 6 heteroatoms. The Morgan fingerprint density at radius 1 is 1.08 bits per heavy atom. The fourth-order valence-corrected chi connectivity index (χ4v) is 2.55. The van der Waals surface area contributed by atoms with Gasteiger partial charge in [0.15, 0.2) is 0 Å². The number of methoxy groups -OCH3 is 2. The fourth-order valence-electron chi connectivity index (χ4n) is 2.55. The quantitative estimate of drug-likeness (QED) is 0.863. The van der Waals surface area contributed by atoms with Gasteiger partial charge in [-0.15, -0.1) is 0 Å². The first kappa shape index (κ1) is 19.3. The Morgan fingerprint density at radius 3 is 2.23 bits per heavy atom. The highest BCUT2D eigenvalue weighted by Crippen LogP contribution is 2.29. The number of benzene rings is 2. The number of nitrogens with one attached hydrogen (secondary N) is 1. The predicted molar refractivity (Wildman–Crippen MR) is 101 cm³/mol. The maximum absolute atomic E-state index is 12.6. The molecule has 0 saturated carbocycles. The molecule has 2 rings (SSSR count). The van der Waals surface area contributed by atoms with Crippen molar-refractivity contribution >= 4 is 17.5 Å². The van der Waals surface area contributed by atoms with Gasteiger partial charge in [-0.3, -0.25) is 9.59 Å². The minimum Gasteiger partial charge on any atom is -0.496 e. The summed E-state index contributed by atoms with van der Waals surface area (Å²) in [5.74, 6) is 0.898. The normalized spacial score (nSPS) is 10.2. The molecule has 0 atom stereocenters. The first-order chi connectivity index (χ1) is 12.3. The number of amides is 2. The van der Waals surface area contributed by atoms with Gasteiger partial charge in [-0.25, -0.2) is 0 Å². The van der Waals surface area contributed by atoms with Crippen LogP contribution in [0, 0.1) is 6.92 Å². The van der Waals surface area contributed by atoms with Gasteiger partial charge in [-0.1, -0.05) is 12.1 Å². The maximum atomic E-state index is 12.6. The van der Waals surface area contributed by atoms with E-state index in [1.807, 2.05) is 25.1 Å². The molecule has 1 N–H and O–H groups in total. The van der Waals surface area contributed by atoms with Crippen LogP contribution in [0.15, 0.2) is 36.4 Å². The number of nitrogens with zero attached hydrogens (tertiary/aromatic N) is 1. The molecule has 0 fully saturated rings. The zero-order valence-corrected chi connectivity index (χ0v) is 15.8. The Labute approximate surface area is 153 Å². The second-order valence-corrected chi connectivity index (χ2v) is 6.04. The summed E-state index contributed by atoms with van der Waals surface area (Å²) in [7, 11) is 4.84. The van der Waals surface area contributed by atoms with Crippen molar-refractivity contribution in [3.05, 3.63) is 53.1 Å². The molecule has 6 nitrogen and oxygen atoms in total. The van der Waals surface area contributed by atoms with Gasteiger partial charge < -0.3 is 19.7 Å². The molecule has 0 aliphatic carbocycles. The molecule has 0 aromatic heterocycles. The Hall–Kier alpha value is -3.02. The monoisotopic (exact) mass is 356 g/mol. The van der Waals surface area contributed by atoms with E-state index < -0.39 is 0 Å². The molecule has 0 unspecified atom stereocenters. The average molecular weight is 356 g/mol. The van der Waals surface area contributed by atoms with Crippen LogP contribution in [0.1, 0.15) is 28.4 Å². The van der Waals surface area contributed by atoms with Crippen LogP contribution in [-0.2, 0) is 11.3 Å². The Morgan fingerprint density at radius 2 is 1.69 bits per heavy atom. The van der Waals surface area contributed by atoms with Crippen LogP contribution >= 0.6 is 0 Å². The Balaban J connectivity index is 2.21. The highest BCUT2D eigenvalue weighted by atomic mass is 16.5. The van der Waals surface area contributed by atoms with Crippen LogP contribution in [0.2, 0.25) is 0 Å². The zero-order chi connectivity index (χ0) is 19.3. The molecule has 138 valence electrons. The van der Waals surface area contributed by atoms with E-state index in [0.717, 1.165) is 11.1 Å². The smallest absolute Gasteiger partial charge is 0.255 e. The van der Waals surface area contributed by atoms with Crippen molar-refractivity contribution in [1.29, 1.82) is 0 Å². The Bertz CT molecular complexity index is 792. The Kier molecular flexibility index (Phi) is 6.22. The summed E-state index contributed by atoms with van der Waals surface area (Å²) in [5.41, 5.74) is 2.86. The zero-order valence-electron chi connectivity index (χ0n) is 15.8. The summed E-state index contributed by atoms with van der Waals surface area (Å²) in [6.07, 6.45) is 0. The van der Waals surface area contributed by atoms with Crippen molar-refractivity contribution < 1.29 is 19.1 Å². The molecule has 26 heavy (non-hydrogen) atoms. The van der Waals surface area contributed by atoms with E-state index in [-0.39, 0.29) is 11.8 Å². The van der Waals surface area contributed by atoms with E-state index in [0.29, 0.717) is 29.3 Å². The van der Waals surface area contributed by atoms with Crippen LogP contribution < -0.4 is 14.8 Å². The van der Waals surface area contributed by atoms with Gasteiger partial charge in [-0.2, -0.15) is 0 Å². The number of rotatable bonds is 6. The summed E-state index contributed by atoms with van der Waals surface area (Å²) in [6, 6.07) is 10.8. The highest BCUT2D eigenvalue weighted by Gasteiger charge is 2.14. The SMILES string of the molecule is COc1cc(C(=O)Nc2cccc(CN(C)C(C)=O)c2)cc(OC)c1C. The topological polar surface area (TPSA) is 67.9 Å². The summed E-state index contributed by atoms with van der Waals surface area (Å²) < 4.78 is 10.6. The molecule has 2 aromatic carbocycles. The lowest BCUT2D eigenvalue weighted by Crippen LogP contribution is -2.23. The summed E-state index contributed by atoms with van der Waals surface area (Å²) in [6.45, 7) is 3.86. The standard InChI is InChI=1S/C20H24N2O4/c1-13-18(25-4)10-16(11-19(13)26-5)20(24)21-17-8-6-7-15(9-17)12-22(3)14(2)23/h6-11H,12H2,1-5H3,(H,21,24). The van der Waals surface area contributed by atoms with E-state index in [9.17, 15) is 9.59 Å². The number of carbonyl (C=O) groups excluding carboxylic acids is 2. The largest absolute Gasteiger partial charge is 0.496 e. The van der Waals surface area contributed by atoms with Crippen molar-refractivity contribution in [3.8, 4) is 11.5 Å². The molecule has 0 aliphatic heterocycles. The first-order valence-corrected chi connectivity index (χ1v) is 8.20. The van der Waals surface area contributed by atoms with Gasteiger partial charge in [0.05, 0.1) is 14.2 Å². The highest BCUT2D eigenvalue weighted by molar-refractivity contribution is 6.05. The van der Waals surface area contributed by atoms with E-state index in [1.54, 1.807) is 44.4 Å². The molecular weight excluding hydrogens is 332 g/mol. The van der Waals surface area contributed by atoms with Crippen molar-refractivity contribution in [2.75, 3.05) is 26.6 Å². The maximum Gasteiger partial charge on any atom is 0.255 e. The minimum atomic E-state index is -0.265. The predicted octanol–water partition coefficient (Wildman–Crippen LogP) is 3.24. The lowest BCUT2D eigenvalue weighted by Gasteiger charge is -2.16. The number of hydrogen-bond acceptors (Lipinski definition) is 4. The van der Waals surface area contributed by atoms with Gasteiger partial charge >= 0.3 is 0 Å².